The van der Waals surface area contributed by atoms with E-state index in [-0.39, 0.29) is 6.04 Å². The van der Waals surface area contributed by atoms with Crippen LogP contribution >= 0.6 is 0 Å². The lowest BCUT2D eigenvalue weighted by atomic mass is 10.0. The van der Waals surface area contributed by atoms with Gasteiger partial charge in [-0.3, -0.25) is 4.90 Å². The highest BCUT2D eigenvalue weighted by Crippen LogP contribution is 2.23. The van der Waals surface area contributed by atoms with Crippen molar-refractivity contribution in [3.63, 3.8) is 0 Å². The molecule has 1 unspecified atom stereocenters. The third kappa shape index (κ3) is 3.70. The van der Waals surface area contributed by atoms with Crippen LogP contribution in [0.15, 0.2) is 48.5 Å². The molecule has 2 nitrogen and oxygen atoms in total. The van der Waals surface area contributed by atoms with Crippen LogP contribution in [0.3, 0.4) is 0 Å². The fourth-order valence-electron chi connectivity index (χ4n) is 2.97. The van der Waals surface area contributed by atoms with Crippen LogP contribution in [0.2, 0.25) is 0 Å². The molecule has 3 rings (SSSR count). The van der Waals surface area contributed by atoms with Crippen molar-refractivity contribution >= 4 is 0 Å². The Kier molecular flexibility index (Phi) is 4.80. The van der Waals surface area contributed by atoms with Gasteiger partial charge in [-0.2, -0.15) is 0 Å². The lowest BCUT2D eigenvalue weighted by molar-refractivity contribution is 0.282. The smallest absolute Gasteiger partial charge is 0.130 e. The van der Waals surface area contributed by atoms with E-state index in [0.717, 1.165) is 38.7 Å². The van der Waals surface area contributed by atoms with E-state index in [1.165, 1.54) is 11.6 Å². The van der Waals surface area contributed by atoms with Crippen molar-refractivity contribution in [2.75, 3.05) is 19.6 Å². The normalized spacial score (nSPS) is 19.8. The van der Waals surface area contributed by atoms with E-state index in [0.29, 0.717) is 5.56 Å². The molecule has 0 spiro atoms. The van der Waals surface area contributed by atoms with Crippen LogP contribution < -0.4 is 5.32 Å². The fraction of sp³-hybridized carbons (Fsp3) is 0.333. The van der Waals surface area contributed by atoms with Crippen molar-refractivity contribution in [2.45, 2.75) is 19.0 Å². The minimum absolute atomic E-state index is 0.0543. The molecule has 116 valence electrons. The minimum Gasteiger partial charge on any atom is -0.309 e. The van der Waals surface area contributed by atoms with E-state index < -0.39 is 11.6 Å². The standard InChI is InChI=1S/C18H20F2N2/c19-15-6-7-16(17(20)12-15)18-8-10-22(11-9-21-18)13-14-4-2-1-3-5-14/h1-7,12,18,21H,8-11,13H2. The van der Waals surface area contributed by atoms with E-state index in [2.05, 4.69) is 22.3 Å². The quantitative estimate of drug-likeness (QED) is 0.933. The predicted octanol–water partition coefficient (Wildman–Crippen LogP) is 3.50. The lowest BCUT2D eigenvalue weighted by Gasteiger charge is -2.20. The highest BCUT2D eigenvalue weighted by atomic mass is 19.1. The molecule has 2 aromatic rings. The SMILES string of the molecule is Fc1ccc(C2CCN(Cc3ccccc3)CCN2)c(F)c1. The van der Waals surface area contributed by atoms with Gasteiger partial charge < -0.3 is 5.32 Å². The van der Waals surface area contributed by atoms with Gasteiger partial charge in [0.1, 0.15) is 11.6 Å². The molecule has 1 saturated heterocycles. The molecule has 1 heterocycles. The molecule has 1 fully saturated rings. The molecule has 1 N–H and O–H groups in total. The highest BCUT2D eigenvalue weighted by molar-refractivity contribution is 5.22. The summed E-state index contributed by atoms with van der Waals surface area (Å²) in [7, 11) is 0. The van der Waals surface area contributed by atoms with Gasteiger partial charge in [-0.1, -0.05) is 36.4 Å². The molecule has 0 aromatic heterocycles. The van der Waals surface area contributed by atoms with Crippen LogP contribution in [0, 0.1) is 11.6 Å². The molecule has 0 amide bonds. The molecular weight excluding hydrogens is 282 g/mol. The summed E-state index contributed by atoms with van der Waals surface area (Å²) in [5.74, 6) is -0.991. The summed E-state index contributed by atoms with van der Waals surface area (Å²) < 4.78 is 26.9. The number of nitrogens with one attached hydrogen (secondary N) is 1. The highest BCUT2D eigenvalue weighted by Gasteiger charge is 2.20. The molecule has 22 heavy (non-hydrogen) atoms. The average Bonchev–Trinajstić information content (AvgIpc) is 2.74. The Morgan fingerprint density at radius 2 is 1.86 bits per heavy atom. The summed E-state index contributed by atoms with van der Waals surface area (Å²) in [5, 5.41) is 3.37. The summed E-state index contributed by atoms with van der Waals surface area (Å²) in [5.41, 5.74) is 1.84. The van der Waals surface area contributed by atoms with Crippen LogP contribution in [0.5, 0.6) is 0 Å². The van der Waals surface area contributed by atoms with E-state index in [4.69, 9.17) is 0 Å². The monoisotopic (exact) mass is 302 g/mol. The molecule has 0 saturated carbocycles. The van der Waals surface area contributed by atoms with Crippen molar-refractivity contribution in [3.8, 4) is 0 Å². The Bertz CT molecular complexity index is 616. The average molecular weight is 302 g/mol. The van der Waals surface area contributed by atoms with Gasteiger partial charge in [-0.25, -0.2) is 8.78 Å². The van der Waals surface area contributed by atoms with Gasteiger partial charge in [0.25, 0.3) is 0 Å². The van der Waals surface area contributed by atoms with E-state index in [1.54, 1.807) is 6.07 Å². The van der Waals surface area contributed by atoms with Gasteiger partial charge in [-0.15, -0.1) is 0 Å². The summed E-state index contributed by atoms with van der Waals surface area (Å²) in [6, 6.07) is 14.1. The maximum atomic E-state index is 13.9. The molecule has 0 radical (unpaired) electrons. The molecule has 1 aliphatic rings. The summed E-state index contributed by atoms with van der Waals surface area (Å²) in [6.45, 7) is 3.52. The Labute approximate surface area is 129 Å². The van der Waals surface area contributed by atoms with Crippen LogP contribution in [0.4, 0.5) is 8.78 Å². The second kappa shape index (κ2) is 6.99. The molecule has 4 heteroatoms. The van der Waals surface area contributed by atoms with Crippen LogP contribution in [-0.2, 0) is 6.54 Å². The first kappa shape index (κ1) is 15.1. The van der Waals surface area contributed by atoms with Crippen molar-refractivity contribution in [1.82, 2.24) is 10.2 Å². The van der Waals surface area contributed by atoms with Crippen molar-refractivity contribution < 1.29 is 8.78 Å². The van der Waals surface area contributed by atoms with Gasteiger partial charge in [0.2, 0.25) is 0 Å². The van der Waals surface area contributed by atoms with Gasteiger partial charge in [0.15, 0.2) is 0 Å². The number of hydrogen-bond donors (Lipinski definition) is 1. The lowest BCUT2D eigenvalue weighted by Crippen LogP contribution is -2.28. The number of benzene rings is 2. The molecular formula is C18H20F2N2. The third-order valence-electron chi connectivity index (χ3n) is 4.14. The van der Waals surface area contributed by atoms with E-state index >= 15 is 0 Å². The second-order valence-corrected chi connectivity index (χ2v) is 5.72. The summed E-state index contributed by atoms with van der Waals surface area (Å²) in [4.78, 5) is 2.36. The van der Waals surface area contributed by atoms with E-state index in [1.807, 2.05) is 18.2 Å². The Morgan fingerprint density at radius 1 is 1.05 bits per heavy atom. The molecule has 1 aliphatic heterocycles. The van der Waals surface area contributed by atoms with Gasteiger partial charge >= 0.3 is 0 Å². The third-order valence-corrected chi connectivity index (χ3v) is 4.14. The largest absolute Gasteiger partial charge is 0.309 e. The first-order valence-corrected chi connectivity index (χ1v) is 7.67. The van der Waals surface area contributed by atoms with Crippen LogP contribution in [0.25, 0.3) is 0 Å². The van der Waals surface area contributed by atoms with Crippen LogP contribution in [-0.4, -0.2) is 24.5 Å². The Hall–Kier alpha value is -1.78. The van der Waals surface area contributed by atoms with Crippen LogP contribution in [0.1, 0.15) is 23.6 Å². The Morgan fingerprint density at radius 3 is 2.64 bits per heavy atom. The number of rotatable bonds is 3. The van der Waals surface area contributed by atoms with E-state index in [9.17, 15) is 8.78 Å². The van der Waals surface area contributed by atoms with Gasteiger partial charge in [-0.05, 0) is 18.1 Å². The topological polar surface area (TPSA) is 15.3 Å². The fourth-order valence-corrected chi connectivity index (χ4v) is 2.97. The molecule has 2 aromatic carbocycles. The number of halogens is 2. The number of hydrogen-bond acceptors (Lipinski definition) is 2. The maximum Gasteiger partial charge on any atom is 0.130 e. The minimum atomic E-state index is -0.527. The zero-order valence-corrected chi connectivity index (χ0v) is 12.4. The number of nitrogens with zero attached hydrogens (tertiary/aromatic N) is 1. The maximum absolute atomic E-state index is 13.9. The summed E-state index contributed by atoms with van der Waals surface area (Å²) >= 11 is 0. The molecule has 0 aliphatic carbocycles. The molecule has 0 bridgehead atoms. The zero-order chi connectivity index (χ0) is 15.4. The zero-order valence-electron chi connectivity index (χ0n) is 12.4. The van der Waals surface area contributed by atoms with Gasteiger partial charge in [0.05, 0.1) is 0 Å². The Balaban J connectivity index is 1.64. The first-order valence-electron chi connectivity index (χ1n) is 7.67. The first-order chi connectivity index (χ1) is 10.7. The van der Waals surface area contributed by atoms with Gasteiger partial charge in [0, 0.05) is 43.9 Å². The molecule has 1 atom stereocenters. The predicted molar refractivity (Wildman–Crippen MR) is 83.4 cm³/mol. The van der Waals surface area contributed by atoms with Crippen molar-refractivity contribution in [3.05, 3.63) is 71.3 Å². The van der Waals surface area contributed by atoms with Crippen molar-refractivity contribution in [2.24, 2.45) is 0 Å². The van der Waals surface area contributed by atoms with Crippen molar-refractivity contribution in [1.29, 1.82) is 0 Å². The summed E-state index contributed by atoms with van der Waals surface area (Å²) in [6.07, 6.45) is 0.815. The second-order valence-electron chi connectivity index (χ2n) is 5.72.